The largest absolute Gasteiger partial charge is 0.491 e. The van der Waals surface area contributed by atoms with Gasteiger partial charge in [-0.2, -0.15) is 4.39 Å². The molecule has 5 nitrogen and oxygen atoms in total. The minimum absolute atomic E-state index is 0.0467. The molecule has 0 aliphatic rings. The van der Waals surface area contributed by atoms with Gasteiger partial charge in [0.05, 0.1) is 0 Å². The molecule has 1 unspecified atom stereocenters. The van der Waals surface area contributed by atoms with Crippen molar-refractivity contribution in [3.63, 3.8) is 0 Å². The Kier molecular flexibility index (Phi) is 5.53. The lowest BCUT2D eigenvalue weighted by Gasteiger charge is -2.13. The molecule has 0 aliphatic heterocycles. The van der Waals surface area contributed by atoms with Crippen LogP contribution in [-0.4, -0.2) is 35.3 Å². The van der Waals surface area contributed by atoms with Crippen molar-refractivity contribution in [2.24, 2.45) is 0 Å². The number of aliphatic hydroxyl groups is 1. The van der Waals surface area contributed by atoms with E-state index in [-0.39, 0.29) is 24.5 Å². The summed E-state index contributed by atoms with van der Waals surface area (Å²) in [5.41, 5.74) is 0.0613. The lowest BCUT2D eigenvalue weighted by atomic mass is 10.2. The van der Waals surface area contributed by atoms with Crippen LogP contribution < -0.4 is 10.1 Å². The van der Waals surface area contributed by atoms with Crippen LogP contribution in [0.2, 0.25) is 0 Å². The minimum atomic E-state index is -1.08. The van der Waals surface area contributed by atoms with Gasteiger partial charge in [0.2, 0.25) is 5.95 Å². The van der Waals surface area contributed by atoms with E-state index in [1.807, 2.05) is 0 Å². The van der Waals surface area contributed by atoms with Crippen LogP contribution in [0.1, 0.15) is 10.4 Å². The molecule has 0 radical (unpaired) electrons. The number of halogens is 3. The monoisotopic (exact) mass is 326 g/mol. The highest BCUT2D eigenvalue weighted by atomic mass is 19.2. The summed E-state index contributed by atoms with van der Waals surface area (Å²) < 4.78 is 43.7. The first-order chi connectivity index (χ1) is 11.0. The van der Waals surface area contributed by atoms with Crippen molar-refractivity contribution >= 4 is 5.91 Å². The zero-order valence-corrected chi connectivity index (χ0v) is 11.8. The molecule has 2 N–H and O–H groups in total. The summed E-state index contributed by atoms with van der Waals surface area (Å²) in [5.74, 6) is -3.40. The molecule has 2 aromatic rings. The van der Waals surface area contributed by atoms with Crippen molar-refractivity contribution in [2.45, 2.75) is 6.10 Å². The van der Waals surface area contributed by atoms with Gasteiger partial charge in [-0.3, -0.25) is 4.79 Å². The number of nitrogens with one attached hydrogen (secondary N) is 1. The van der Waals surface area contributed by atoms with Gasteiger partial charge < -0.3 is 15.2 Å². The average molecular weight is 326 g/mol. The summed E-state index contributed by atoms with van der Waals surface area (Å²) in [5, 5.41) is 12.1. The first kappa shape index (κ1) is 16.8. The van der Waals surface area contributed by atoms with Crippen LogP contribution in [-0.2, 0) is 0 Å². The number of aliphatic hydroxyl groups excluding tert-OH is 1. The van der Waals surface area contributed by atoms with Gasteiger partial charge in [-0.15, -0.1) is 0 Å². The SMILES string of the molecule is O=C(NCC(O)COc1ccc(F)c(F)c1)c1ccnc(F)c1. The maximum Gasteiger partial charge on any atom is 0.251 e. The van der Waals surface area contributed by atoms with E-state index < -0.39 is 29.6 Å². The molecule has 0 saturated carbocycles. The first-order valence-corrected chi connectivity index (χ1v) is 6.61. The summed E-state index contributed by atoms with van der Waals surface area (Å²) in [4.78, 5) is 15.0. The highest BCUT2D eigenvalue weighted by Gasteiger charge is 2.11. The Hall–Kier alpha value is -2.61. The highest BCUT2D eigenvalue weighted by molar-refractivity contribution is 5.93. The molecule has 8 heteroatoms. The van der Waals surface area contributed by atoms with E-state index in [0.29, 0.717) is 0 Å². The standard InChI is InChI=1S/C15H13F3N2O3/c16-12-2-1-11(6-13(12)17)23-8-10(21)7-20-15(22)9-3-4-19-14(18)5-9/h1-6,10,21H,7-8H2,(H,20,22). The third-order valence-corrected chi connectivity index (χ3v) is 2.82. The Balaban J connectivity index is 1.79. The summed E-state index contributed by atoms with van der Waals surface area (Å²) in [6.07, 6.45) is 0.0612. The minimum Gasteiger partial charge on any atom is -0.491 e. The van der Waals surface area contributed by atoms with Crippen molar-refractivity contribution in [3.05, 3.63) is 59.7 Å². The quantitative estimate of drug-likeness (QED) is 0.792. The molecule has 1 aromatic carbocycles. The molecule has 1 amide bonds. The van der Waals surface area contributed by atoms with Crippen molar-refractivity contribution in [3.8, 4) is 5.75 Å². The number of aromatic nitrogens is 1. The van der Waals surface area contributed by atoms with E-state index in [9.17, 15) is 23.1 Å². The second-order valence-corrected chi connectivity index (χ2v) is 4.62. The van der Waals surface area contributed by atoms with Crippen LogP contribution in [0.5, 0.6) is 5.75 Å². The van der Waals surface area contributed by atoms with Gasteiger partial charge in [0, 0.05) is 30.4 Å². The number of carbonyl (C=O) groups excluding carboxylic acids is 1. The van der Waals surface area contributed by atoms with Crippen LogP contribution in [0, 0.1) is 17.6 Å². The Morgan fingerprint density at radius 3 is 2.70 bits per heavy atom. The Labute approximate surface area is 129 Å². The molecule has 122 valence electrons. The predicted octanol–water partition coefficient (Wildman–Crippen LogP) is 1.67. The molecule has 1 atom stereocenters. The molecule has 23 heavy (non-hydrogen) atoms. The zero-order valence-electron chi connectivity index (χ0n) is 11.8. The number of amides is 1. The zero-order chi connectivity index (χ0) is 16.8. The Morgan fingerprint density at radius 2 is 2.00 bits per heavy atom. The molecule has 0 aliphatic carbocycles. The summed E-state index contributed by atoms with van der Waals surface area (Å²) >= 11 is 0. The fraction of sp³-hybridized carbons (Fsp3) is 0.200. The Morgan fingerprint density at radius 1 is 1.22 bits per heavy atom. The first-order valence-electron chi connectivity index (χ1n) is 6.61. The van der Waals surface area contributed by atoms with Crippen LogP contribution in [0.3, 0.4) is 0 Å². The van der Waals surface area contributed by atoms with Gasteiger partial charge in [-0.1, -0.05) is 0 Å². The average Bonchev–Trinajstić information content (AvgIpc) is 2.53. The third kappa shape index (κ3) is 4.96. The maximum absolute atomic E-state index is 13.0. The third-order valence-electron chi connectivity index (χ3n) is 2.82. The summed E-state index contributed by atoms with van der Waals surface area (Å²) in [7, 11) is 0. The van der Waals surface area contributed by atoms with Crippen LogP contribution >= 0.6 is 0 Å². The van der Waals surface area contributed by atoms with Crippen molar-refractivity contribution in [1.29, 1.82) is 0 Å². The van der Waals surface area contributed by atoms with E-state index >= 15 is 0 Å². The number of pyridine rings is 1. The second kappa shape index (κ2) is 7.59. The lowest BCUT2D eigenvalue weighted by molar-refractivity contribution is 0.0842. The van der Waals surface area contributed by atoms with E-state index in [2.05, 4.69) is 10.3 Å². The fourth-order valence-electron chi connectivity index (χ4n) is 1.67. The van der Waals surface area contributed by atoms with E-state index in [1.165, 1.54) is 12.1 Å². The molecule has 1 aromatic heterocycles. The van der Waals surface area contributed by atoms with Gasteiger partial charge in [0.1, 0.15) is 18.5 Å². The topological polar surface area (TPSA) is 71.5 Å². The highest BCUT2D eigenvalue weighted by Crippen LogP contribution is 2.15. The van der Waals surface area contributed by atoms with Crippen molar-refractivity contribution in [2.75, 3.05) is 13.2 Å². The van der Waals surface area contributed by atoms with Gasteiger partial charge >= 0.3 is 0 Å². The summed E-state index contributed by atoms with van der Waals surface area (Å²) in [6.45, 7) is -0.400. The van der Waals surface area contributed by atoms with Crippen molar-refractivity contribution < 1.29 is 27.8 Å². The van der Waals surface area contributed by atoms with E-state index in [4.69, 9.17) is 4.74 Å². The predicted molar refractivity (Wildman–Crippen MR) is 74.4 cm³/mol. The molecule has 2 rings (SSSR count). The normalized spacial score (nSPS) is 11.8. The van der Waals surface area contributed by atoms with E-state index in [1.54, 1.807) is 0 Å². The maximum atomic E-state index is 13.0. The smallest absolute Gasteiger partial charge is 0.251 e. The molecule has 0 spiro atoms. The van der Waals surface area contributed by atoms with Crippen LogP contribution in [0.25, 0.3) is 0 Å². The molecular formula is C15H13F3N2O3. The number of benzene rings is 1. The number of ether oxygens (including phenoxy) is 1. The number of nitrogens with zero attached hydrogens (tertiary/aromatic N) is 1. The van der Waals surface area contributed by atoms with Gasteiger partial charge in [-0.25, -0.2) is 13.8 Å². The number of rotatable bonds is 6. The second-order valence-electron chi connectivity index (χ2n) is 4.62. The Bertz CT molecular complexity index is 697. The fourth-order valence-corrected chi connectivity index (χ4v) is 1.67. The molecule has 0 fully saturated rings. The summed E-state index contributed by atoms with van der Waals surface area (Å²) in [6, 6.07) is 5.24. The molecular weight excluding hydrogens is 313 g/mol. The van der Waals surface area contributed by atoms with Crippen LogP contribution in [0.4, 0.5) is 13.2 Å². The number of carbonyl (C=O) groups is 1. The van der Waals surface area contributed by atoms with Crippen LogP contribution in [0.15, 0.2) is 36.5 Å². The lowest BCUT2D eigenvalue weighted by Crippen LogP contribution is -2.35. The van der Waals surface area contributed by atoms with Crippen molar-refractivity contribution in [1.82, 2.24) is 10.3 Å². The van der Waals surface area contributed by atoms with Gasteiger partial charge in [-0.05, 0) is 18.2 Å². The number of hydrogen-bond donors (Lipinski definition) is 2. The van der Waals surface area contributed by atoms with E-state index in [0.717, 1.165) is 24.4 Å². The molecule has 0 saturated heterocycles. The number of hydrogen-bond acceptors (Lipinski definition) is 4. The van der Waals surface area contributed by atoms with Gasteiger partial charge in [0.15, 0.2) is 11.6 Å². The van der Waals surface area contributed by atoms with Gasteiger partial charge in [0.25, 0.3) is 5.91 Å². The molecule has 1 heterocycles. The molecule has 0 bridgehead atoms.